The van der Waals surface area contributed by atoms with Crippen LogP contribution in [0.1, 0.15) is 53.6 Å². The van der Waals surface area contributed by atoms with E-state index in [4.69, 9.17) is 4.18 Å². The second kappa shape index (κ2) is 7.08. The van der Waals surface area contributed by atoms with E-state index in [9.17, 15) is 4.79 Å². The summed E-state index contributed by atoms with van der Waals surface area (Å²) >= 11 is 5.65. The van der Waals surface area contributed by atoms with Crippen LogP contribution in [0.4, 0.5) is 0 Å². The standard InChI is InChI=1S/C23H24O2S2/c1-14(24)21-19-8-9-23(2,3)12-20(19)27-22(21)18-7-6-16-10-15(13-25-26)4-5-17(16)11-18/h4-7,10-11,26H,8-9,12-13H2,1-3H3. The van der Waals surface area contributed by atoms with E-state index >= 15 is 0 Å². The molecule has 0 saturated heterocycles. The molecule has 2 aromatic carbocycles. The fraction of sp³-hybridized carbons (Fsp3) is 0.348. The Kier molecular flexibility index (Phi) is 4.91. The van der Waals surface area contributed by atoms with Crippen molar-refractivity contribution in [2.75, 3.05) is 0 Å². The maximum atomic E-state index is 12.5. The molecule has 4 heteroatoms. The molecular weight excluding hydrogens is 372 g/mol. The number of carbonyl (C=O) groups excluding carboxylic acids is 1. The maximum absolute atomic E-state index is 12.5. The number of fused-ring (bicyclic) bond motifs is 2. The van der Waals surface area contributed by atoms with Crippen LogP contribution in [0.2, 0.25) is 0 Å². The quantitative estimate of drug-likeness (QED) is 0.304. The summed E-state index contributed by atoms with van der Waals surface area (Å²) in [7, 11) is 0. The topological polar surface area (TPSA) is 26.3 Å². The monoisotopic (exact) mass is 396 g/mol. The lowest BCUT2D eigenvalue weighted by molar-refractivity contribution is 0.101. The van der Waals surface area contributed by atoms with Crippen LogP contribution in [0.5, 0.6) is 0 Å². The first-order valence-electron chi connectivity index (χ1n) is 9.33. The number of thiophene rings is 1. The van der Waals surface area contributed by atoms with Crippen LogP contribution in [0.25, 0.3) is 21.2 Å². The van der Waals surface area contributed by atoms with Crippen molar-refractivity contribution in [3.8, 4) is 10.4 Å². The molecule has 0 fully saturated rings. The molecule has 1 aliphatic rings. The largest absolute Gasteiger partial charge is 0.314 e. The third-order valence-electron chi connectivity index (χ3n) is 5.53. The molecule has 140 valence electrons. The lowest BCUT2D eigenvalue weighted by Crippen LogP contribution is -2.21. The zero-order chi connectivity index (χ0) is 19.2. The normalized spacial score (nSPS) is 15.7. The van der Waals surface area contributed by atoms with Gasteiger partial charge >= 0.3 is 0 Å². The number of ketones is 1. The van der Waals surface area contributed by atoms with Crippen molar-refractivity contribution >= 4 is 40.8 Å². The van der Waals surface area contributed by atoms with Crippen LogP contribution >= 0.6 is 24.2 Å². The van der Waals surface area contributed by atoms with E-state index in [1.807, 2.05) is 11.3 Å². The van der Waals surface area contributed by atoms with Crippen molar-refractivity contribution in [2.24, 2.45) is 5.41 Å². The molecule has 0 N–H and O–H groups in total. The number of thiol groups is 1. The van der Waals surface area contributed by atoms with Crippen LogP contribution in [0.3, 0.4) is 0 Å². The Morgan fingerprint density at radius 1 is 1.19 bits per heavy atom. The molecule has 4 rings (SSSR count). The Hall–Kier alpha value is -1.62. The SMILES string of the molecule is CC(=O)c1c(-c2ccc3cc(COS)ccc3c2)sc2c1CCC(C)(C)C2. The highest BCUT2D eigenvalue weighted by Crippen LogP contribution is 2.45. The van der Waals surface area contributed by atoms with E-state index in [0.717, 1.165) is 40.8 Å². The van der Waals surface area contributed by atoms with Crippen molar-refractivity contribution in [3.05, 3.63) is 58.0 Å². The van der Waals surface area contributed by atoms with E-state index < -0.39 is 0 Å². The third kappa shape index (κ3) is 3.58. The van der Waals surface area contributed by atoms with Crippen molar-refractivity contribution < 1.29 is 8.98 Å². The molecule has 0 bridgehead atoms. The number of benzene rings is 2. The third-order valence-corrected chi connectivity index (χ3v) is 6.94. The summed E-state index contributed by atoms with van der Waals surface area (Å²) in [5, 5.41) is 2.35. The van der Waals surface area contributed by atoms with Gasteiger partial charge in [0.05, 0.1) is 6.61 Å². The molecule has 0 aliphatic heterocycles. The predicted octanol–water partition coefficient (Wildman–Crippen LogP) is 6.65. The van der Waals surface area contributed by atoms with Gasteiger partial charge in [0.15, 0.2) is 5.78 Å². The molecule has 1 aromatic heterocycles. The fourth-order valence-corrected chi connectivity index (χ4v) is 5.88. The van der Waals surface area contributed by atoms with Gasteiger partial charge < -0.3 is 4.18 Å². The van der Waals surface area contributed by atoms with Gasteiger partial charge in [-0.15, -0.1) is 11.3 Å². The molecule has 0 unspecified atom stereocenters. The second-order valence-corrected chi connectivity index (χ2v) is 9.64. The molecule has 0 saturated carbocycles. The number of rotatable bonds is 4. The first kappa shape index (κ1) is 18.7. The minimum atomic E-state index is 0.184. The number of Topliss-reactive ketones (excluding diaryl/α,β-unsaturated/α-hetero) is 1. The second-order valence-electron chi connectivity index (χ2n) is 8.27. The summed E-state index contributed by atoms with van der Waals surface area (Å²) in [5.74, 6) is 0.184. The average Bonchev–Trinajstić information content (AvgIpc) is 2.99. The molecule has 1 aliphatic carbocycles. The van der Waals surface area contributed by atoms with Gasteiger partial charge in [0.2, 0.25) is 0 Å². The average molecular weight is 397 g/mol. The Morgan fingerprint density at radius 3 is 2.67 bits per heavy atom. The Bertz CT molecular complexity index is 1030. The highest BCUT2D eigenvalue weighted by atomic mass is 32.1. The van der Waals surface area contributed by atoms with Crippen molar-refractivity contribution in [3.63, 3.8) is 0 Å². The van der Waals surface area contributed by atoms with E-state index in [1.165, 1.54) is 21.2 Å². The van der Waals surface area contributed by atoms with Crippen molar-refractivity contribution in [1.82, 2.24) is 0 Å². The summed E-state index contributed by atoms with van der Waals surface area (Å²) in [6.45, 7) is 6.84. The molecule has 0 atom stereocenters. The van der Waals surface area contributed by atoms with Crippen LogP contribution in [0.15, 0.2) is 36.4 Å². The molecule has 0 amide bonds. The van der Waals surface area contributed by atoms with Crippen LogP contribution in [-0.4, -0.2) is 5.78 Å². The van der Waals surface area contributed by atoms with E-state index in [-0.39, 0.29) is 5.78 Å². The molecule has 0 radical (unpaired) electrons. The van der Waals surface area contributed by atoms with Crippen LogP contribution in [-0.2, 0) is 23.6 Å². The Balaban J connectivity index is 1.82. The summed E-state index contributed by atoms with van der Waals surface area (Å²) < 4.78 is 4.93. The first-order chi connectivity index (χ1) is 12.9. The Morgan fingerprint density at radius 2 is 1.93 bits per heavy atom. The van der Waals surface area contributed by atoms with Crippen LogP contribution in [0, 0.1) is 5.41 Å². The first-order valence-corrected chi connectivity index (χ1v) is 10.5. The highest BCUT2D eigenvalue weighted by molar-refractivity contribution is 7.75. The van der Waals surface area contributed by atoms with E-state index in [2.05, 4.69) is 63.2 Å². The van der Waals surface area contributed by atoms with Gasteiger partial charge in [-0.25, -0.2) is 0 Å². The van der Waals surface area contributed by atoms with Gasteiger partial charge in [0.25, 0.3) is 0 Å². The van der Waals surface area contributed by atoms with Gasteiger partial charge in [-0.1, -0.05) is 38.1 Å². The smallest absolute Gasteiger partial charge is 0.161 e. The minimum Gasteiger partial charge on any atom is -0.314 e. The van der Waals surface area contributed by atoms with Gasteiger partial charge in [-0.2, -0.15) is 0 Å². The van der Waals surface area contributed by atoms with Crippen molar-refractivity contribution in [1.29, 1.82) is 0 Å². The summed E-state index contributed by atoms with van der Waals surface area (Å²) in [6, 6.07) is 12.8. The summed E-state index contributed by atoms with van der Waals surface area (Å²) in [5.41, 5.74) is 4.80. The molecular formula is C23H24O2S2. The minimum absolute atomic E-state index is 0.184. The Labute approximate surface area is 170 Å². The van der Waals surface area contributed by atoms with E-state index in [1.54, 1.807) is 6.92 Å². The lowest BCUT2D eigenvalue weighted by atomic mass is 9.76. The predicted molar refractivity (Wildman–Crippen MR) is 117 cm³/mol. The van der Waals surface area contributed by atoms with Gasteiger partial charge in [-0.3, -0.25) is 4.79 Å². The van der Waals surface area contributed by atoms with Crippen molar-refractivity contribution in [2.45, 2.75) is 46.6 Å². The zero-order valence-electron chi connectivity index (χ0n) is 16.0. The van der Waals surface area contributed by atoms with Crippen LogP contribution < -0.4 is 0 Å². The summed E-state index contributed by atoms with van der Waals surface area (Å²) in [6.07, 6.45) is 3.21. The molecule has 0 spiro atoms. The number of hydrogen-bond acceptors (Lipinski definition) is 4. The number of carbonyl (C=O) groups is 1. The lowest BCUT2D eigenvalue weighted by Gasteiger charge is -2.29. The zero-order valence-corrected chi connectivity index (χ0v) is 17.7. The van der Waals surface area contributed by atoms with Gasteiger partial charge in [-0.05, 0) is 84.1 Å². The fourth-order valence-electron chi connectivity index (χ4n) is 4.08. The van der Waals surface area contributed by atoms with Gasteiger partial charge in [0.1, 0.15) is 0 Å². The summed E-state index contributed by atoms with van der Waals surface area (Å²) in [4.78, 5) is 15.0. The number of hydrogen-bond donors (Lipinski definition) is 1. The molecule has 3 aromatic rings. The molecule has 1 heterocycles. The molecule has 2 nitrogen and oxygen atoms in total. The maximum Gasteiger partial charge on any atom is 0.161 e. The van der Waals surface area contributed by atoms with E-state index in [0.29, 0.717) is 12.0 Å². The molecule has 27 heavy (non-hydrogen) atoms. The highest BCUT2D eigenvalue weighted by Gasteiger charge is 2.31. The van der Waals surface area contributed by atoms with Gasteiger partial charge in [0, 0.05) is 15.3 Å².